The molecule has 0 aromatic heterocycles. The number of halogens is 1. The van der Waals surface area contributed by atoms with E-state index in [9.17, 15) is 9.18 Å². The summed E-state index contributed by atoms with van der Waals surface area (Å²) in [6, 6.07) is 12.9. The molecule has 1 fully saturated rings. The van der Waals surface area contributed by atoms with Gasteiger partial charge in [0.2, 0.25) is 0 Å². The lowest BCUT2D eigenvalue weighted by Gasteiger charge is -2.04. The normalized spacial score (nSPS) is 20.5. The van der Waals surface area contributed by atoms with Gasteiger partial charge in [0, 0.05) is 11.1 Å². The monoisotopic (exact) mass is 272 g/mol. The zero-order valence-corrected chi connectivity index (χ0v) is 10.9. The van der Waals surface area contributed by atoms with Gasteiger partial charge in [-0.3, -0.25) is 4.79 Å². The average Bonchev–Trinajstić information content (AvgIpc) is 3.27. The Labute approximate surface area is 115 Å². The molecular weight excluding hydrogens is 259 g/mol. The van der Waals surface area contributed by atoms with Crippen molar-refractivity contribution in [1.29, 1.82) is 0 Å². The van der Waals surface area contributed by atoms with E-state index in [1.165, 1.54) is 24.3 Å². The van der Waals surface area contributed by atoms with Crippen LogP contribution in [0.4, 0.5) is 4.39 Å². The maximum atomic E-state index is 12.8. The van der Waals surface area contributed by atoms with E-state index in [0.29, 0.717) is 11.3 Å². The molecule has 0 bridgehead atoms. The van der Waals surface area contributed by atoms with Crippen LogP contribution < -0.4 is 4.74 Å². The standard InChI is InChI=1S/C16H13FO3/c1-19-13-5-3-2-4-12(13)15-16(20-15)14(18)10-6-8-11(17)9-7-10/h2-9,15-16H,1H3/t15-,16-/m1/s1. The predicted molar refractivity (Wildman–Crippen MR) is 71.3 cm³/mol. The molecule has 20 heavy (non-hydrogen) atoms. The van der Waals surface area contributed by atoms with Crippen LogP contribution in [-0.2, 0) is 4.74 Å². The number of ether oxygens (including phenoxy) is 2. The van der Waals surface area contributed by atoms with Gasteiger partial charge in [-0.1, -0.05) is 18.2 Å². The highest BCUT2D eigenvalue weighted by Gasteiger charge is 2.47. The molecule has 3 rings (SSSR count). The lowest BCUT2D eigenvalue weighted by atomic mass is 10.0. The number of ketones is 1. The number of carbonyl (C=O) groups excluding carboxylic acids is 1. The quantitative estimate of drug-likeness (QED) is 0.634. The molecule has 3 nitrogen and oxygen atoms in total. The molecule has 2 aromatic rings. The molecular formula is C16H13FO3. The van der Waals surface area contributed by atoms with Gasteiger partial charge in [-0.05, 0) is 30.3 Å². The predicted octanol–water partition coefficient (Wildman–Crippen LogP) is 3.16. The van der Waals surface area contributed by atoms with Crippen molar-refractivity contribution >= 4 is 5.78 Å². The number of epoxide rings is 1. The topological polar surface area (TPSA) is 38.8 Å². The second kappa shape index (κ2) is 5.06. The molecule has 102 valence electrons. The molecule has 0 saturated carbocycles. The zero-order valence-electron chi connectivity index (χ0n) is 10.9. The summed E-state index contributed by atoms with van der Waals surface area (Å²) in [6.07, 6.45) is -0.805. The number of rotatable bonds is 4. The van der Waals surface area contributed by atoms with Crippen molar-refractivity contribution in [3.8, 4) is 5.75 Å². The van der Waals surface area contributed by atoms with Gasteiger partial charge in [-0.25, -0.2) is 4.39 Å². The van der Waals surface area contributed by atoms with Gasteiger partial charge >= 0.3 is 0 Å². The van der Waals surface area contributed by atoms with E-state index in [-0.39, 0.29) is 17.7 Å². The second-order valence-electron chi connectivity index (χ2n) is 4.59. The minimum absolute atomic E-state index is 0.138. The highest BCUT2D eigenvalue weighted by molar-refractivity contribution is 6.01. The fourth-order valence-electron chi connectivity index (χ4n) is 2.23. The van der Waals surface area contributed by atoms with Gasteiger partial charge in [0.25, 0.3) is 0 Å². The summed E-state index contributed by atoms with van der Waals surface area (Å²) in [5, 5.41) is 0. The summed E-state index contributed by atoms with van der Waals surface area (Å²) in [4.78, 5) is 12.2. The van der Waals surface area contributed by atoms with E-state index >= 15 is 0 Å². The third-order valence-electron chi connectivity index (χ3n) is 3.32. The van der Waals surface area contributed by atoms with Gasteiger partial charge in [0.1, 0.15) is 17.7 Å². The Bertz CT molecular complexity index is 636. The Morgan fingerprint density at radius 1 is 1.15 bits per heavy atom. The van der Waals surface area contributed by atoms with Crippen molar-refractivity contribution in [2.24, 2.45) is 0 Å². The van der Waals surface area contributed by atoms with Gasteiger partial charge in [0.05, 0.1) is 7.11 Å². The Balaban J connectivity index is 1.78. The molecule has 0 aliphatic carbocycles. The molecule has 4 heteroatoms. The maximum Gasteiger partial charge on any atom is 0.194 e. The van der Waals surface area contributed by atoms with Crippen molar-refractivity contribution in [1.82, 2.24) is 0 Å². The first-order valence-electron chi connectivity index (χ1n) is 6.29. The van der Waals surface area contributed by atoms with E-state index in [2.05, 4.69) is 0 Å². The number of para-hydroxylation sites is 1. The van der Waals surface area contributed by atoms with Gasteiger partial charge in [-0.15, -0.1) is 0 Å². The van der Waals surface area contributed by atoms with Crippen LogP contribution in [0.15, 0.2) is 48.5 Å². The maximum absolute atomic E-state index is 12.8. The fraction of sp³-hybridized carbons (Fsp3) is 0.188. The first-order chi connectivity index (χ1) is 9.70. The van der Waals surface area contributed by atoms with Crippen LogP contribution >= 0.6 is 0 Å². The van der Waals surface area contributed by atoms with Crippen LogP contribution in [0.3, 0.4) is 0 Å². The van der Waals surface area contributed by atoms with Crippen LogP contribution in [0, 0.1) is 5.82 Å². The molecule has 1 heterocycles. The van der Waals surface area contributed by atoms with Gasteiger partial charge in [0.15, 0.2) is 11.9 Å². The molecule has 2 aromatic carbocycles. The van der Waals surface area contributed by atoms with Crippen molar-refractivity contribution in [3.63, 3.8) is 0 Å². The molecule has 1 aliphatic rings. The molecule has 1 saturated heterocycles. The SMILES string of the molecule is COc1ccccc1[C@H]1O[C@@H]1C(=O)c1ccc(F)cc1. The molecule has 0 unspecified atom stereocenters. The molecule has 1 aliphatic heterocycles. The van der Waals surface area contributed by atoms with E-state index in [1.807, 2.05) is 24.3 Å². The summed E-state index contributed by atoms with van der Waals surface area (Å²) >= 11 is 0. The van der Waals surface area contributed by atoms with Gasteiger partial charge in [-0.2, -0.15) is 0 Å². The minimum atomic E-state index is -0.517. The van der Waals surface area contributed by atoms with Crippen molar-refractivity contribution in [2.45, 2.75) is 12.2 Å². The zero-order chi connectivity index (χ0) is 14.1. The van der Waals surface area contributed by atoms with Crippen molar-refractivity contribution in [2.75, 3.05) is 7.11 Å². The summed E-state index contributed by atoms with van der Waals surface area (Å²) in [5.74, 6) is 0.201. The van der Waals surface area contributed by atoms with E-state index in [1.54, 1.807) is 7.11 Å². The first kappa shape index (κ1) is 12.8. The second-order valence-corrected chi connectivity index (χ2v) is 4.59. The Hall–Kier alpha value is -2.20. The average molecular weight is 272 g/mol. The Kier molecular flexibility index (Phi) is 3.24. The number of benzene rings is 2. The summed E-state index contributed by atoms with van der Waals surface area (Å²) < 4.78 is 23.6. The van der Waals surface area contributed by atoms with E-state index in [0.717, 1.165) is 5.56 Å². The minimum Gasteiger partial charge on any atom is -0.496 e. The molecule has 0 spiro atoms. The summed E-state index contributed by atoms with van der Waals surface area (Å²) in [7, 11) is 1.58. The van der Waals surface area contributed by atoms with E-state index in [4.69, 9.17) is 9.47 Å². The van der Waals surface area contributed by atoms with Crippen LogP contribution in [0.5, 0.6) is 5.75 Å². The van der Waals surface area contributed by atoms with Crippen molar-refractivity contribution < 1.29 is 18.7 Å². The first-order valence-corrected chi connectivity index (χ1v) is 6.29. The van der Waals surface area contributed by atoms with Crippen molar-refractivity contribution in [3.05, 3.63) is 65.5 Å². The molecule has 0 radical (unpaired) electrons. The smallest absolute Gasteiger partial charge is 0.194 e. The number of hydrogen-bond donors (Lipinski definition) is 0. The highest BCUT2D eigenvalue weighted by atomic mass is 19.1. The molecule has 2 atom stereocenters. The van der Waals surface area contributed by atoms with Crippen LogP contribution in [-0.4, -0.2) is 19.0 Å². The summed E-state index contributed by atoms with van der Waals surface area (Å²) in [6.45, 7) is 0. The number of methoxy groups -OCH3 is 1. The third kappa shape index (κ3) is 2.30. The highest BCUT2D eigenvalue weighted by Crippen LogP contribution is 2.44. The Morgan fingerprint density at radius 3 is 2.55 bits per heavy atom. The number of Topliss-reactive ketones (excluding diaryl/α,β-unsaturated/α-hetero) is 1. The van der Waals surface area contributed by atoms with Crippen LogP contribution in [0.25, 0.3) is 0 Å². The lowest BCUT2D eigenvalue weighted by molar-refractivity contribution is 0.0953. The third-order valence-corrected chi connectivity index (χ3v) is 3.32. The van der Waals surface area contributed by atoms with Crippen LogP contribution in [0.1, 0.15) is 22.0 Å². The summed E-state index contributed by atoms with van der Waals surface area (Å²) in [5.41, 5.74) is 1.31. The number of carbonyl (C=O) groups is 1. The van der Waals surface area contributed by atoms with Gasteiger partial charge < -0.3 is 9.47 Å². The fourth-order valence-corrected chi connectivity index (χ4v) is 2.23. The largest absolute Gasteiger partial charge is 0.496 e. The number of hydrogen-bond acceptors (Lipinski definition) is 3. The lowest BCUT2D eigenvalue weighted by Crippen LogP contribution is -2.08. The van der Waals surface area contributed by atoms with E-state index < -0.39 is 6.10 Å². The molecule has 0 N–H and O–H groups in total. The van der Waals surface area contributed by atoms with Crippen LogP contribution in [0.2, 0.25) is 0 Å². The molecule has 0 amide bonds. The Morgan fingerprint density at radius 2 is 1.85 bits per heavy atom.